The highest BCUT2D eigenvalue weighted by atomic mass is 16.7. The summed E-state index contributed by atoms with van der Waals surface area (Å²) >= 11 is 0. The van der Waals surface area contributed by atoms with E-state index in [1.54, 1.807) is 30.6 Å². The van der Waals surface area contributed by atoms with Crippen LogP contribution in [0.15, 0.2) is 42.7 Å². The third kappa shape index (κ3) is 1.83. The van der Waals surface area contributed by atoms with E-state index in [-0.39, 0.29) is 6.79 Å². The third-order valence-electron chi connectivity index (χ3n) is 2.71. The predicted molar refractivity (Wildman–Crippen MR) is 60.9 cm³/mol. The average molecular weight is 229 g/mol. The van der Waals surface area contributed by atoms with E-state index in [2.05, 4.69) is 4.98 Å². The van der Waals surface area contributed by atoms with E-state index in [4.69, 9.17) is 9.47 Å². The molecule has 1 atom stereocenters. The first-order chi connectivity index (χ1) is 8.34. The highest BCUT2D eigenvalue weighted by molar-refractivity contribution is 5.46. The molecule has 0 saturated heterocycles. The van der Waals surface area contributed by atoms with Crippen LogP contribution in [-0.4, -0.2) is 16.9 Å². The Bertz CT molecular complexity index is 527. The normalized spacial score (nSPS) is 14.6. The number of ether oxygens (including phenoxy) is 2. The second kappa shape index (κ2) is 4.07. The van der Waals surface area contributed by atoms with Crippen LogP contribution in [0.4, 0.5) is 0 Å². The minimum atomic E-state index is -0.696. The second-order valence-electron chi connectivity index (χ2n) is 3.80. The second-order valence-corrected chi connectivity index (χ2v) is 3.80. The van der Waals surface area contributed by atoms with Crippen LogP contribution in [0.1, 0.15) is 17.2 Å². The summed E-state index contributed by atoms with van der Waals surface area (Å²) in [4.78, 5) is 3.99. The topological polar surface area (TPSA) is 51.6 Å². The van der Waals surface area contributed by atoms with Crippen LogP contribution in [-0.2, 0) is 0 Å². The fraction of sp³-hybridized carbons (Fsp3) is 0.154. The van der Waals surface area contributed by atoms with E-state index in [0.717, 1.165) is 11.1 Å². The molecule has 1 aliphatic rings. The van der Waals surface area contributed by atoms with Crippen LogP contribution >= 0.6 is 0 Å². The van der Waals surface area contributed by atoms with Crippen molar-refractivity contribution in [2.45, 2.75) is 6.10 Å². The van der Waals surface area contributed by atoms with Crippen molar-refractivity contribution in [3.8, 4) is 11.5 Å². The van der Waals surface area contributed by atoms with Crippen LogP contribution in [0.25, 0.3) is 0 Å². The van der Waals surface area contributed by atoms with Crippen molar-refractivity contribution in [2.75, 3.05) is 6.79 Å². The Hall–Kier alpha value is -2.07. The van der Waals surface area contributed by atoms with Crippen molar-refractivity contribution in [2.24, 2.45) is 0 Å². The number of hydrogen-bond donors (Lipinski definition) is 1. The van der Waals surface area contributed by atoms with Gasteiger partial charge in [0.2, 0.25) is 6.79 Å². The van der Waals surface area contributed by atoms with Gasteiger partial charge in [0, 0.05) is 18.0 Å². The smallest absolute Gasteiger partial charge is 0.231 e. The van der Waals surface area contributed by atoms with E-state index < -0.39 is 6.10 Å². The summed E-state index contributed by atoms with van der Waals surface area (Å²) in [5, 5.41) is 10.2. The molecule has 2 heterocycles. The molecular formula is C13H11NO3. The largest absolute Gasteiger partial charge is 0.454 e. The first-order valence-corrected chi connectivity index (χ1v) is 5.32. The lowest BCUT2D eigenvalue weighted by molar-refractivity contribution is 0.173. The zero-order valence-corrected chi connectivity index (χ0v) is 9.04. The lowest BCUT2D eigenvalue weighted by atomic mass is 10.0. The molecule has 1 aromatic heterocycles. The fourth-order valence-corrected chi connectivity index (χ4v) is 1.81. The molecule has 86 valence electrons. The molecule has 4 nitrogen and oxygen atoms in total. The molecule has 0 unspecified atom stereocenters. The van der Waals surface area contributed by atoms with Gasteiger partial charge in [-0.25, -0.2) is 0 Å². The summed E-state index contributed by atoms with van der Waals surface area (Å²) in [7, 11) is 0. The number of aliphatic hydroxyl groups excluding tert-OH is 1. The fourth-order valence-electron chi connectivity index (χ4n) is 1.81. The SMILES string of the molecule is O[C@H](c1cccnc1)c1ccc2c(c1)OCO2. The highest BCUT2D eigenvalue weighted by Gasteiger charge is 2.17. The molecule has 0 radical (unpaired) electrons. The molecule has 1 aliphatic heterocycles. The summed E-state index contributed by atoms with van der Waals surface area (Å²) in [6.07, 6.45) is 2.63. The summed E-state index contributed by atoms with van der Waals surface area (Å²) in [5.74, 6) is 1.39. The van der Waals surface area contributed by atoms with Gasteiger partial charge < -0.3 is 14.6 Å². The molecule has 0 aliphatic carbocycles. The molecule has 0 saturated carbocycles. The van der Waals surface area contributed by atoms with Crippen molar-refractivity contribution in [1.82, 2.24) is 4.98 Å². The van der Waals surface area contributed by atoms with E-state index in [9.17, 15) is 5.11 Å². The van der Waals surface area contributed by atoms with Gasteiger partial charge in [0.15, 0.2) is 11.5 Å². The molecule has 0 amide bonds. The zero-order chi connectivity index (χ0) is 11.7. The van der Waals surface area contributed by atoms with Gasteiger partial charge in [-0.15, -0.1) is 0 Å². The zero-order valence-electron chi connectivity index (χ0n) is 9.04. The van der Waals surface area contributed by atoms with Crippen LogP contribution in [0.3, 0.4) is 0 Å². The molecule has 0 bridgehead atoms. The average Bonchev–Trinajstić information content (AvgIpc) is 2.86. The van der Waals surface area contributed by atoms with Gasteiger partial charge in [-0.2, -0.15) is 0 Å². The summed E-state index contributed by atoms with van der Waals surface area (Å²) in [5.41, 5.74) is 1.52. The van der Waals surface area contributed by atoms with Crippen LogP contribution < -0.4 is 9.47 Å². The molecule has 0 spiro atoms. The van der Waals surface area contributed by atoms with E-state index in [0.29, 0.717) is 11.5 Å². The van der Waals surface area contributed by atoms with Gasteiger partial charge in [-0.1, -0.05) is 12.1 Å². The molecule has 1 aromatic carbocycles. The Morgan fingerprint density at radius 3 is 2.82 bits per heavy atom. The van der Waals surface area contributed by atoms with Gasteiger partial charge in [0.1, 0.15) is 6.10 Å². The Labute approximate surface area is 98.5 Å². The minimum Gasteiger partial charge on any atom is -0.454 e. The van der Waals surface area contributed by atoms with Crippen molar-refractivity contribution in [3.63, 3.8) is 0 Å². The quantitative estimate of drug-likeness (QED) is 0.854. The Morgan fingerprint density at radius 1 is 1.12 bits per heavy atom. The highest BCUT2D eigenvalue weighted by Crippen LogP contribution is 2.35. The number of aromatic nitrogens is 1. The van der Waals surface area contributed by atoms with E-state index >= 15 is 0 Å². The van der Waals surface area contributed by atoms with Gasteiger partial charge in [-0.3, -0.25) is 4.98 Å². The first-order valence-electron chi connectivity index (χ1n) is 5.32. The van der Waals surface area contributed by atoms with Crippen LogP contribution in [0.2, 0.25) is 0 Å². The molecule has 1 N–H and O–H groups in total. The third-order valence-corrected chi connectivity index (χ3v) is 2.71. The lowest BCUT2D eigenvalue weighted by Crippen LogP contribution is -1.99. The van der Waals surface area contributed by atoms with Crippen LogP contribution in [0.5, 0.6) is 11.5 Å². The maximum atomic E-state index is 10.2. The summed E-state index contributed by atoms with van der Waals surface area (Å²) in [6.45, 7) is 0.238. The molecule has 0 fully saturated rings. The van der Waals surface area contributed by atoms with Crippen molar-refractivity contribution in [3.05, 3.63) is 53.9 Å². The predicted octanol–water partition coefficient (Wildman–Crippen LogP) is 1.89. The maximum Gasteiger partial charge on any atom is 0.231 e. The standard InChI is InChI=1S/C13H11NO3/c15-13(10-2-1-5-14-7-10)9-3-4-11-12(6-9)17-8-16-11/h1-7,13,15H,8H2/t13-/m0/s1. The van der Waals surface area contributed by atoms with Crippen LogP contribution in [0, 0.1) is 0 Å². The van der Waals surface area contributed by atoms with Gasteiger partial charge in [0.25, 0.3) is 0 Å². The number of rotatable bonds is 2. The van der Waals surface area contributed by atoms with Gasteiger partial charge >= 0.3 is 0 Å². The first kappa shape index (κ1) is 10.1. The van der Waals surface area contributed by atoms with E-state index in [1.165, 1.54) is 0 Å². The Kier molecular flexibility index (Phi) is 2.42. The number of aliphatic hydroxyl groups is 1. The number of nitrogens with zero attached hydrogens (tertiary/aromatic N) is 1. The molecule has 4 heteroatoms. The van der Waals surface area contributed by atoms with Gasteiger partial charge in [0.05, 0.1) is 0 Å². The van der Waals surface area contributed by atoms with Crippen molar-refractivity contribution >= 4 is 0 Å². The lowest BCUT2D eigenvalue weighted by Gasteiger charge is -2.11. The van der Waals surface area contributed by atoms with Gasteiger partial charge in [-0.05, 0) is 23.8 Å². The molecular weight excluding hydrogens is 218 g/mol. The number of fused-ring (bicyclic) bond motifs is 1. The van der Waals surface area contributed by atoms with Crippen molar-refractivity contribution in [1.29, 1.82) is 0 Å². The minimum absolute atomic E-state index is 0.238. The Balaban J connectivity index is 1.94. The monoisotopic (exact) mass is 229 g/mol. The molecule has 2 aromatic rings. The number of pyridine rings is 1. The summed E-state index contributed by atoms with van der Waals surface area (Å²) in [6, 6.07) is 9.05. The molecule has 3 rings (SSSR count). The number of hydrogen-bond acceptors (Lipinski definition) is 4. The summed E-state index contributed by atoms with van der Waals surface area (Å²) < 4.78 is 10.5. The number of benzene rings is 1. The Morgan fingerprint density at radius 2 is 2.00 bits per heavy atom. The van der Waals surface area contributed by atoms with Crippen molar-refractivity contribution < 1.29 is 14.6 Å². The maximum absolute atomic E-state index is 10.2. The van der Waals surface area contributed by atoms with E-state index in [1.807, 2.05) is 12.1 Å². The molecule has 17 heavy (non-hydrogen) atoms.